The number of rotatable bonds is 2. The Labute approximate surface area is 107 Å². The van der Waals surface area contributed by atoms with Crippen molar-refractivity contribution in [2.45, 2.75) is 19.9 Å². The van der Waals surface area contributed by atoms with Gasteiger partial charge in [-0.1, -0.05) is 6.92 Å². The summed E-state index contributed by atoms with van der Waals surface area (Å²) >= 11 is 0. The molecular weight excluding hydrogens is 230 g/mol. The third kappa shape index (κ3) is 2.20. The second-order valence-corrected chi connectivity index (χ2v) is 4.80. The van der Waals surface area contributed by atoms with E-state index in [1.54, 1.807) is 11.7 Å². The molecule has 2 rings (SSSR count). The van der Waals surface area contributed by atoms with E-state index < -0.39 is 0 Å². The highest BCUT2D eigenvalue weighted by Gasteiger charge is 2.28. The molecule has 0 spiro atoms. The zero-order valence-corrected chi connectivity index (χ0v) is 11.3. The summed E-state index contributed by atoms with van der Waals surface area (Å²) in [5.41, 5.74) is 6.74. The second kappa shape index (κ2) is 4.97. The molecule has 0 radical (unpaired) electrons. The van der Waals surface area contributed by atoms with Crippen LogP contribution in [0.4, 0.5) is 5.69 Å². The fourth-order valence-electron chi connectivity index (χ4n) is 2.52. The molecule has 1 fully saturated rings. The van der Waals surface area contributed by atoms with Crippen LogP contribution in [-0.2, 0) is 7.05 Å². The third-order valence-electron chi connectivity index (χ3n) is 3.63. The minimum Gasteiger partial charge on any atom is -0.396 e. The van der Waals surface area contributed by atoms with Crippen molar-refractivity contribution >= 4 is 11.6 Å². The molecule has 1 atom stereocenters. The molecule has 6 heteroatoms. The number of carbonyl (C=O) groups is 1. The van der Waals surface area contributed by atoms with E-state index in [4.69, 9.17) is 5.73 Å². The highest BCUT2D eigenvalue weighted by atomic mass is 16.2. The zero-order chi connectivity index (χ0) is 13.3. The molecule has 0 bridgehead atoms. The van der Waals surface area contributed by atoms with Gasteiger partial charge in [-0.2, -0.15) is 5.10 Å². The smallest absolute Gasteiger partial charge is 0.274 e. The summed E-state index contributed by atoms with van der Waals surface area (Å²) in [6.07, 6.45) is 1.53. The predicted molar refractivity (Wildman–Crippen MR) is 70.2 cm³/mol. The number of aryl methyl sites for hydroxylation is 1. The lowest BCUT2D eigenvalue weighted by molar-refractivity contribution is 0.0519. The van der Waals surface area contributed by atoms with Crippen molar-refractivity contribution in [2.24, 2.45) is 7.05 Å². The first-order chi connectivity index (χ1) is 8.54. The Morgan fingerprint density at radius 1 is 1.56 bits per heavy atom. The van der Waals surface area contributed by atoms with E-state index in [9.17, 15) is 4.79 Å². The maximum Gasteiger partial charge on any atom is 0.274 e. The first-order valence-corrected chi connectivity index (χ1v) is 6.35. The van der Waals surface area contributed by atoms with E-state index in [0.717, 1.165) is 26.2 Å². The van der Waals surface area contributed by atoms with E-state index >= 15 is 0 Å². The number of nitrogens with two attached hydrogens (primary N) is 1. The highest BCUT2D eigenvalue weighted by Crippen LogP contribution is 2.16. The van der Waals surface area contributed by atoms with Gasteiger partial charge >= 0.3 is 0 Å². The van der Waals surface area contributed by atoms with E-state index in [1.807, 2.05) is 4.90 Å². The summed E-state index contributed by atoms with van der Waals surface area (Å²) < 4.78 is 1.55. The topological polar surface area (TPSA) is 67.4 Å². The Morgan fingerprint density at radius 2 is 2.28 bits per heavy atom. The molecule has 0 aliphatic carbocycles. The number of nitrogens with zero attached hydrogens (tertiary/aromatic N) is 4. The molecular formula is C12H21N5O. The number of hydrogen-bond donors (Lipinski definition) is 1. The van der Waals surface area contributed by atoms with Gasteiger partial charge in [0.1, 0.15) is 5.69 Å². The van der Waals surface area contributed by atoms with Crippen molar-refractivity contribution < 1.29 is 4.79 Å². The Kier molecular flexibility index (Phi) is 3.56. The molecule has 1 amide bonds. The van der Waals surface area contributed by atoms with E-state index in [-0.39, 0.29) is 5.91 Å². The number of carbonyl (C=O) groups excluding carboxylic acids is 1. The van der Waals surface area contributed by atoms with Crippen LogP contribution in [-0.4, -0.2) is 57.7 Å². The molecule has 2 heterocycles. The van der Waals surface area contributed by atoms with Gasteiger partial charge in [-0.15, -0.1) is 0 Å². The van der Waals surface area contributed by atoms with Crippen LogP contribution >= 0.6 is 0 Å². The van der Waals surface area contributed by atoms with Crippen LogP contribution in [0.2, 0.25) is 0 Å². The molecule has 18 heavy (non-hydrogen) atoms. The van der Waals surface area contributed by atoms with Crippen LogP contribution in [0.5, 0.6) is 0 Å². The molecule has 1 unspecified atom stereocenters. The van der Waals surface area contributed by atoms with Gasteiger partial charge in [0.05, 0.1) is 11.9 Å². The number of aromatic nitrogens is 2. The quantitative estimate of drug-likeness (QED) is 0.813. The maximum absolute atomic E-state index is 12.4. The standard InChI is InChI=1S/C12H21N5O/c1-4-16-5-6-17(8-9(16)2)12(18)11-10(13)7-14-15(11)3/h7,9H,4-6,8,13H2,1-3H3. The minimum atomic E-state index is -0.0184. The highest BCUT2D eigenvalue weighted by molar-refractivity contribution is 5.97. The molecule has 1 saturated heterocycles. The van der Waals surface area contributed by atoms with Crippen molar-refractivity contribution in [1.29, 1.82) is 0 Å². The van der Waals surface area contributed by atoms with Gasteiger partial charge < -0.3 is 10.6 Å². The number of nitrogen functional groups attached to an aromatic ring is 1. The first kappa shape index (κ1) is 12.9. The fourth-order valence-corrected chi connectivity index (χ4v) is 2.52. The normalized spacial score (nSPS) is 21.3. The third-order valence-corrected chi connectivity index (χ3v) is 3.63. The number of likely N-dealkylation sites (N-methyl/N-ethyl adjacent to an activating group) is 1. The van der Waals surface area contributed by atoms with Gasteiger partial charge in [-0.05, 0) is 13.5 Å². The molecule has 0 saturated carbocycles. The monoisotopic (exact) mass is 251 g/mol. The van der Waals surface area contributed by atoms with Crippen molar-refractivity contribution in [3.05, 3.63) is 11.9 Å². The Bertz CT molecular complexity index is 422. The molecule has 1 aromatic heterocycles. The number of anilines is 1. The second-order valence-electron chi connectivity index (χ2n) is 4.80. The summed E-state index contributed by atoms with van der Waals surface area (Å²) in [5, 5.41) is 4.02. The summed E-state index contributed by atoms with van der Waals surface area (Å²) in [4.78, 5) is 16.6. The maximum atomic E-state index is 12.4. The van der Waals surface area contributed by atoms with Crippen molar-refractivity contribution in [1.82, 2.24) is 19.6 Å². The summed E-state index contributed by atoms with van der Waals surface area (Å²) in [7, 11) is 1.75. The summed E-state index contributed by atoms with van der Waals surface area (Å²) in [6.45, 7) is 7.74. The zero-order valence-electron chi connectivity index (χ0n) is 11.3. The Morgan fingerprint density at radius 3 is 2.78 bits per heavy atom. The van der Waals surface area contributed by atoms with Crippen LogP contribution in [0.3, 0.4) is 0 Å². The van der Waals surface area contributed by atoms with Gasteiger partial charge in [0.2, 0.25) is 0 Å². The molecule has 2 N–H and O–H groups in total. The predicted octanol–water partition coefficient (Wildman–Crippen LogP) is 0.169. The van der Waals surface area contributed by atoms with Crippen molar-refractivity contribution in [3.8, 4) is 0 Å². The molecule has 0 aromatic carbocycles. The Balaban J connectivity index is 2.12. The summed E-state index contributed by atoms with van der Waals surface area (Å²) in [6, 6.07) is 0.391. The lowest BCUT2D eigenvalue weighted by Crippen LogP contribution is -2.53. The van der Waals surface area contributed by atoms with E-state index in [1.165, 1.54) is 6.20 Å². The fraction of sp³-hybridized carbons (Fsp3) is 0.667. The van der Waals surface area contributed by atoms with Crippen LogP contribution in [0.1, 0.15) is 24.3 Å². The van der Waals surface area contributed by atoms with Crippen molar-refractivity contribution in [2.75, 3.05) is 31.9 Å². The molecule has 100 valence electrons. The van der Waals surface area contributed by atoms with Crippen LogP contribution < -0.4 is 5.73 Å². The lowest BCUT2D eigenvalue weighted by Gasteiger charge is -2.39. The van der Waals surface area contributed by atoms with Crippen LogP contribution in [0, 0.1) is 0 Å². The van der Waals surface area contributed by atoms with Crippen LogP contribution in [0.25, 0.3) is 0 Å². The molecule has 6 nitrogen and oxygen atoms in total. The number of hydrogen-bond acceptors (Lipinski definition) is 4. The van der Waals surface area contributed by atoms with Gasteiger partial charge in [-0.25, -0.2) is 0 Å². The number of piperazine rings is 1. The average Bonchev–Trinajstić information content (AvgIpc) is 2.68. The average molecular weight is 251 g/mol. The molecule has 1 aliphatic rings. The van der Waals surface area contributed by atoms with Gasteiger partial charge in [-0.3, -0.25) is 14.4 Å². The van der Waals surface area contributed by atoms with Gasteiger partial charge in [0.25, 0.3) is 5.91 Å². The lowest BCUT2D eigenvalue weighted by atomic mass is 10.1. The molecule has 1 aliphatic heterocycles. The van der Waals surface area contributed by atoms with Crippen molar-refractivity contribution in [3.63, 3.8) is 0 Å². The minimum absolute atomic E-state index is 0.0184. The van der Waals surface area contributed by atoms with Gasteiger partial charge in [0.15, 0.2) is 0 Å². The molecule has 1 aromatic rings. The SMILES string of the molecule is CCN1CCN(C(=O)c2c(N)cnn2C)CC1C. The van der Waals surface area contributed by atoms with E-state index in [0.29, 0.717) is 17.4 Å². The Hall–Kier alpha value is -1.56. The summed E-state index contributed by atoms with van der Waals surface area (Å²) in [5.74, 6) is -0.0184. The first-order valence-electron chi connectivity index (χ1n) is 6.35. The van der Waals surface area contributed by atoms with E-state index in [2.05, 4.69) is 23.8 Å². The number of amides is 1. The largest absolute Gasteiger partial charge is 0.396 e. The van der Waals surface area contributed by atoms with Gasteiger partial charge in [0, 0.05) is 32.7 Å². The van der Waals surface area contributed by atoms with Crippen LogP contribution in [0.15, 0.2) is 6.20 Å².